The summed E-state index contributed by atoms with van der Waals surface area (Å²) in [6.45, 7) is 1.07. The fourth-order valence-corrected chi connectivity index (χ4v) is 4.92. The fraction of sp³-hybridized carbons (Fsp3) is 0.321. The van der Waals surface area contributed by atoms with Gasteiger partial charge in [-0.25, -0.2) is 0 Å². The summed E-state index contributed by atoms with van der Waals surface area (Å²) in [5.74, 6) is 0. The fourth-order valence-electron chi connectivity index (χ4n) is 4.38. The number of fused-ring (bicyclic) bond motifs is 2. The van der Waals surface area contributed by atoms with Crippen molar-refractivity contribution in [3.05, 3.63) is 83.7 Å². The van der Waals surface area contributed by atoms with E-state index in [9.17, 15) is 0 Å². The summed E-state index contributed by atoms with van der Waals surface area (Å²) in [4.78, 5) is 2.51. The Morgan fingerprint density at radius 1 is 0.806 bits per heavy atom. The quantitative estimate of drug-likeness (QED) is 0.123. The number of allylic oxidation sites excluding steroid dienone is 1. The van der Waals surface area contributed by atoms with E-state index in [1.165, 1.54) is 76.5 Å². The van der Waals surface area contributed by atoms with E-state index in [1.54, 1.807) is 0 Å². The zero-order valence-corrected chi connectivity index (χ0v) is 20.6. The van der Waals surface area contributed by atoms with Crippen LogP contribution in [0.3, 0.4) is 0 Å². The molecule has 3 aromatic rings. The summed E-state index contributed by atoms with van der Waals surface area (Å²) in [5, 5.41) is 1.27. The minimum Gasteiger partial charge on any atom is -0.341 e. The van der Waals surface area contributed by atoms with Gasteiger partial charge in [0.1, 0.15) is 7.05 Å². The Hall–Kier alpha value is -2.14. The van der Waals surface area contributed by atoms with Crippen molar-refractivity contribution in [2.75, 3.05) is 15.9 Å². The number of para-hydroxylation sites is 2. The third-order valence-corrected chi connectivity index (χ3v) is 6.92. The average Bonchev–Trinajstić information content (AvgIpc) is 2.81. The van der Waals surface area contributed by atoms with E-state index in [0.29, 0.717) is 0 Å². The van der Waals surface area contributed by atoms with Crippen LogP contribution in [0.2, 0.25) is 0 Å². The van der Waals surface area contributed by atoms with Crippen molar-refractivity contribution in [1.29, 1.82) is 0 Å². The molecule has 0 N–H and O–H groups in total. The van der Waals surface area contributed by atoms with Gasteiger partial charge < -0.3 is 4.90 Å². The molecule has 0 bridgehead atoms. The van der Waals surface area contributed by atoms with Crippen LogP contribution in [0.5, 0.6) is 0 Å². The Labute approximate surface area is 200 Å². The van der Waals surface area contributed by atoms with Gasteiger partial charge in [-0.15, -0.1) is 0 Å². The van der Waals surface area contributed by atoms with Crippen molar-refractivity contribution < 1.29 is 4.57 Å². The van der Waals surface area contributed by atoms with Gasteiger partial charge in [-0.3, -0.25) is 0 Å². The molecule has 0 aliphatic carbocycles. The molecule has 0 saturated heterocycles. The average molecular weight is 523 g/mol. The first-order valence-corrected chi connectivity index (χ1v) is 13.0. The van der Waals surface area contributed by atoms with E-state index in [-0.39, 0.29) is 0 Å². The van der Waals surface area contributed by atoms with Gasteiger partial charge in [-0.2, -0.15) is 4.57 Å². The topological polar surface area (TPSA) is 7.12 Å². The van der Waals surface area contributed by atoms with Gasteiger partial charge >= 0.3 is 0 Å². The molecule has 1 aliphatic heterocycles. The standard InChI is InChI=1S/C28H32IN2/c1-30-25(18-16-23-12-6-8-14-27(23)30)22-26-19-17-24-13-7-9-15-28(24)31(26)21-11-5-3-2-4-10-20-29/h6-9,12-19,22H,2-5,10-11,20-21H2,1H3/q+1. The van der Waals surface area contributed by atoms with Crippen LogP contribution in [-0.4, -0.2) is 11.0 Å². The van der Waals surface area contributed by atoms with E-state index in [2.05, 4.69) is 118 Å². The first-order chi connectivity index (χ1) is 15.3. The van der Waals surface area contributed by atoms with Crippen LogP contribution >= 0.6 is 22.6 Å². The first kappa shape index (κ1) is 22.1. The maximum Gasteiger partial charge on any atom is 0.212 e. The molecule has 0 fully saturated rings. The smallest absolute Gasteiger partial charge is 0.212 e. The minimum absolute atomic E-state index is 1.07. The van der Waals surface area contributed by atoms with Gasteiger partial charge in [0.15, 0.2) is 0 Å². The van der Waals surface area contributed by atoms with Crippen LogP contribution in [0.4, 0.5) is 5.69 Å². The summed E-state index contributed by atoms with van der Waals surface area (Å²) < 4.78 is 3.58. The number of rotatable bonds is 9. The number of nitrogens with zero attached hydrogens (tertiary/aromatic N) is 2. The van der Waals surface area contributed by atoms with Crippen LogP contribution in [0.1, 0.15) is 49.8 Å². The third-order valence-electron chi connectivity index (χ3n) is 6.15. The van der Waals surface area contributed by atoms with Crippen LogP contribution in [-0.2, 0) is 7.05 Å². The van der Waals surface area contributed by atoms with Gasteiger partial charge in [0.25, 0.3) is 0 Å². The number of halogens is 1. The normalized spacial score (nSPS) is 14.4. The summed E-state index contributed by atoms with van der Waals surface area (Å²) in [7, 11) is 2.16. The highest BCUT2D eigenvalue weighted by Gasteiger charge is 2.19. The maximum atomic E-state index is 2.51. The molecule has 0 unspecified atom stereocenters. The Bertz CT molecular complexity index is 1080. The van der Waals surface area contributed by atoms with Crippen molar-refractivity contribution in [2.45, 2.75) is 38.5 Å². The number of hydrogen-bond donors (Lipinski definition) is 0. The van der Waals surface area contributed by atoms with E-state index in [0.717, 1.165) is 6.54 Å². The Morgan fingerprint density at radius 2 is 1.55 bits per heavy atom. The predicted octanol–water partition coefficient (Wildman–Crippen LogP) is 7.31. The lowest BCUT2D eigenvalue weighted by molar-refractivity contribution is -0.646. The number of alkyl halides is 1. The molecule has 0 amide bonds. The number of aryl methyl sites for hydroxylation is 1. The molecular weight excluding hydrogens is 491 g/mol. The van der Waals surface area contributed by atoms with Crippen LogP contribution in [0, 0.1) is 0 Å². The lowest BCUT2D eigenvalue weighted by Crippen LogP contribution is -2.33. The van der Waals surface area contributed by atoms with Gasteiger partial charge in [0.2, 0.25) is 11.2 Å². The van der Waals surface area contributed by atoms with E-state index in [1.807, 2.05) is 0 Å². The highest BCUT2D eigenvalue weighted by molar-refractivity contribution is 14.1. The largest absolute Gasteiger partial charge is 0.341 e. The number of pyridine rings is 1. The summed E-state index contributed by atoms with van der Waals surface area (Å²) in [6.07, 6.45) is 14.9. The van der Waals surface area contributed by atoms with Crippen LogP contribution in [0.25, 0.3) is 23.1 Å². The molecule has 2 heterocycles. The number of unbranched alkanes of at least 4 members (excludes halogenated alkanes) is 5. The molecule has 0 saturated carbocycles. The zero-order valence-electron chi connectivity index (χ0n) is 18.4. The maximum absolute atomic E-state index is 2.51. The molecule has 1 aliphatic rings. The molecule has 2 nitrogen and oxygen atoms in total. The number of benzene rings is 2. The van der Waals surface area contributed by atoms with Crippen molar-refractivity contribution in [2.24, 2.45) is 7.05 Å². The van der Waals surface area contributed by atoms with Gasteiger partial charge in [0, 0.05) is 41.5 Å². The molecule has 2 aromatic carbocycles. The molecule has 0 spiro atoms. The van der Waals surface area contributed by atoms with E-state index < -0.39 is 0 Å². The molecule has 3 heteroatoms. The highest BCUT2D eigenvalue weighted by atomic mass is 127. The van der Waals surface area contributed by atoms with Crippen molar-refractivity contribution in [1.82, 2.24) is 0 Å². The Kier molecular flexibility index (Phi) is 7.79. The minimum atomic E-state index is 1.07. The van der Waals surface area contributed by atoms with Crippen molar-refractivity contribution in [3.8, 4) is 0 Å². The first-order valence-electron chi connectivity index (χ1n) is 11.5. The second-order valence-corrected chi connectivity index (χ2v) is 9.38. The summed E-state index contributed by atoms with van der Waals surface area (Å²) in [5.41, 5.74) is 6.39. The third kappa shape index (κ3) is 5.38. The molecule has 160 valence electrons. The van der Waals surface area contributed by atoms with Crippen molar-refractivity contribution in [3.63, 3.8) is 0 Å². The predicted molar refractivity (Wildman–Crippen MR) is 143 cm³/mol. The molecule has 0 radical (unpaired) electrons. The number of aromatic nitrogens is 1. The highest BCUT2D eigenvalue weighted by Crippen LogP contribution is 2.32. The SMILES string of the molecule is C[n+]1c(/C=C2\C=Cc3ccccc3N2CCCCCCCCI)ccc2ccccc21. The molecule has 31 heavy (non-hydrogen) atoms. The molecule has 0 atom stereocenters. The van der Waals surface area contributed by atoms with Gasteiger partial charge in [-0.1, -0.05) is 84.7 Å². The lowest BCUT2D eigenvalue weighted by Gasteiger charge is -2.30. The second kappa shape index (κ2) is 10.9. The van der Waals surface area contributed by atoms with Crippen LogP contribution < -0.4 is 9.47 Å². The van der Waals surface area contributed by atoms with E-state index in [4.69, 9.17) is 0 Å². The summed E-state index contributed by atoms with van der Waals surface area (Å²) >= 11 is 2.48. The van der Waals surface area contributed by atoms with Gasteiger partial charge in [0.05, 0.1) is 0 Å². The molecular formula is C28H32IN2+. The molecule has 1 aromatic heterocycles. The Balaban J connectivity index is 1.56. The Morgan fingerprint density at radius 3 is 2.42 bits per heavy atom. The number of hydrogen-bond acceptors (Lipinski definition) is 1. The van der Waals surface area contributed by atoms with E-state index >= 15 is 0 Å². The molecule has 4 rings (SSSR count). The van der Waals surface area contributed by atoms with Gasteiger partial charge in [-0.05, 0) is 47.1 Å². The lowest BCUT2D eigenvalue weighted by atomic mass is 10.0. The monoisotopic (exact) mass is 523 g/mol. The zero-order chi connectivity index (χ0) is 21.5. The van der Waals surface area contributed by atoms with Crippen LogP contribution in [0.15, 0.2) is 72.4 Å². The number of anilines is 1. The summed E-state index contributed by atoms with van der Waals surface area (Å²) in [6, 6.07) is 21.8. The van der Waals surface area contributed by atoms with Crippen molar-refractivity contribution >= 4 is 51.3 Å². The second-order valence-electron chi connectivity index (χ2n) is 8.30.